The van der Waals surface area contributed by atoms with Crippen LogP contribution in [0.4, 0.5) is 5.82 Å². The second-order valence-corrected chi connectivity index (χ2v) is 4.50. The number of aryl methyl sites for hydroxylation is 1. The first-order valence-electron chi connectivity index (χ1n) is 6.26. The first-order valence-corrected chi connectivity index (χ1v) is 6.26. The van der Waals surface area contributed by atoms with E-state index in [9.17, 15) is 9.90 Å². The van der Waals surface area contributed by atoms with E-state index in [-0.39, 0.29) is 11.6 Å². The second-order valence-electron chi connectivity index (χ2n) is 4.50. The van der Waals surface area contributed by atoms with Crippen LogP contribution in [0, 0.1) is 13.8 Å². The summed E-state index contributed by atoms with van der Waals surface area (Å²) in [7, 11) is 1.62. The molecule has 1 N–H and O–H groups in total. The number of ether oxygens (including phenoxy) is 1. The molecule has 0 aromatic carbocycles. The third-order valence-corrected chi connectivity index (χ3v) is 3.20. The highest BCUT2D eigenvalue weighted by Crippen LogP contribution is 2.23. The molecule has 0 amide bonds. The third-order valence-electron chi connectivity index (χ3n) is 3.20. The summed E-state index contributed by atoms with van der Waals surface area (Å²) in [5, 5.41) is 17.5. The Hall–Kier alpha value is -1.69. The number of carboxylic acids is 1. The van der Waals surface area contributed by atoms with E-state index in [4.69, 9.17) is 4.74 Å². The molecule has 0 aliphatic rings. The SMILES string of the molecule is CCN(c1nnc(C)c(C)c1C(=O)O)C(C)COC. The number of hydrogen-bond donors (Lipinski definition) is 1. The molecule has 1 aromatic heterocycles. The van der Waals surface area contributed by atoms with Crippen molar-refractivity contribution in [3.63, 3.8) is 0 Å². The lowest BCUT2D eigenvalue weighted by molar-refractivity contribution is 0.0695. The minimum Gasteiger partial charge on any atom is -0.478 e. The maximum absolute atomic E-state index is 11.5. The van der Waals surface area contributed by atoms with Gasteiger partial charge in [-0.15, -0.1) is 5.10 Å². The summed E-state index contributed by atoms with van der Waals surface area (Å²) in [5.41, 5.74) is 1.51. The fraction of sp³-hybridized carbons (Fsp3) is 0.615. The van der Waals surface area contributed by atoms with Crippen LogP contribution in [-0.4, -0.2) is 47.6 Å². The molecule has 6 nitrogen and oxygen atoms in total. The van der Waals surface area contributed by atoms with Crippen molar-refractivity contribution in [3.8, 4) is 0 Å². The van der Waals surface area contributed by atoms with Gasteiger partial charge in [0.2, 0.25) is 0 Å². The lowest BCUT2D eigenvalue weighted by atomic mass is 10.1. The van der Waals surface area contributed by atoms with Crippen molar-refractivity contribution in [1.82, 2.24) is 10.2 Å². The third kappa shape index (κ3) is 3.20. The van der Waals surface area contributed by atoms with Crippen LogP contribution in [0.3, 0.4) is 0 Å². The van der Waals surface area contributed by atoms with Crippen LogP contribution in [0.2, 0.25) is 0 Å². The van der Waals surface area contributed by atoms with Gasteiger partial charge < -0.3 is 14.7 Å². The Bertz CT molecular complexity index is 463. The smallest absolute Gasteiger partial charge is 0.339 e. The van der Waals surface area contributed by atoms with E-state index in [1.165, 1.54) is 0 Å². The predicted molar refractivity (Wildman–Crippen MR) is 72.8 cm³/mol. The van der Waals surface area contributed by atoms with E-state index in [1.54, 1.807) is 21.0 Å². The van der Waals surface area contributed by atoms with Crippen LogP contribution in [0.1, 0.15) is 35.5 Å². The van der Waals surface area contributed by atoms with Gasteiger partial charge in [0, 0.05) is 13.7 Å². The first kappa shape index (κ1) is 15.4. The minimum absolute atomic E-state index is 0.0320. The highest BCUT2D eigenvalue weighted by molar-refractivity contribution is 5.95. The number of hydrogen-bond acceptors (Lipinski definition) is 5. The first-order chi connectivity index (χ1) is 8.93. The molecule has 0 saturated heterocycles. The molecular weight excluding hydrogens is 246 g/mol. The molecule has 1 unspecified atom stereocenters. The number of aromatic nitrogens is 2. The highest BCUT2D eigenvalue weighted by Gasteiger charge is 2.24. The van der Waals surface area contributed by atoms with Gasteiger partial charge in [0.15, 0.2) is 5.82 Å². The molecule has 1 rings (SSSR count). The molecule has 0 saturated carbocycles. The molecule has 19 heavy (non-hydrogen) atoms. The Morgan fingerprint density at radius 2 is 2.05 bits per heavy atom. The van der Waals surface area contributed by atoms with E-state index >= 15 is 0 Å². The van der Waals surface area contributed by atoms with E-state index in [2.05, 4.69) is 10.2 Å². The lowest BCUT2D eigenvalue weighted by Crippen LogP contribution is -2.38. The fourth-order valence-corrected chi connectivity index (χ4v) is 2.05. The van der Waals surface area contributed by atoms with Crippen LogP contribution in [0.25, 0.3) is 0 Å². The van der Waals surface area contributed by atoms with Crippen LogP contribution < -0.4 is 4.90 Å². The molecule has 0 bridgehead atoms. The van der Waals surface area contributed by atoms with Gasteiger partial charge in [-0.05, 0) is 33.3 Å². The summed E-state index contributed by atoms with van der Waals surface area (Å²) >= 11 is 0. The Balaban J connectivity index is 3.31. The zero-order valence-electron chi connectivity index (χ0n) is 12.1. The summed E-state index contributed by atoms with van der Waals surface area (Å²) < 4.78 is 5.12. The Morgan fingerprint density at radius 3 is 2.53 bits per heavy atom. The van der Waals surface area contributed by atoms with Gasteiger partial charge in [-0.25, -0.2) is 4.79 Å². The number of likely N-dealkylation sites (N-methyl/N-ethyl adjacent to an activating group) is 1. The van der Waals surface area contributed by atoms with E-state index in [1.807, 2.05) is 18.7 Å². The van der Waals surface area contributed by atoms with E-state index in [0.717, 1.165) is 0 Å². The fourth-order valence-electron chi connectivity index (χ4n) is 2.05. The van der Waals surface area contributed by atoms with Crippen LogP contribution in [0.5, 0.6) is 0 Å². The molecule has 0 aliphatic heterocycles. The second kappa shape index (κ2) is 6.47. The highest BCUT2D eigenvalue weighted by atomic mass is 16.5. The number of aromatic carboxylic acids is 1. The van der Waals surface area contributed by atoms with Crippen molar-refractivity contribution >= 4 is 11.8 Å². The van der Waals surface area contributed by atoms with Gasteiger partial charge in [-0.1, -0.05) is 0 Å². The number of anilines is 1. The Morgan fingerprint density at radius 1 is 1.42 bits per heavy atom. The zero-order chi connectivity index (χ0) is 14.6. The number of carbonyl (C=O) groups is 1. The molecule has 1 heterocycles. The molecule has 1 aromatic rings. The molecule has 0 aliphatic carbocycles. The normalized spacial score (nSPS) is 12.3. The molecule has 1 atom stereocenters. The van der Waals surface area contributed by atoms with Crippen molar-refractivity contribution in [2.45, 2.75) is 33.7 Å². The Labute approximate surface area is 113 Å². The van der Waals surface area contributed by atoms with Crippen molar-refractivity contribution in [1.29, 1.82) is 0 Å². The molecule has 6 heteroatoms. The summed E-state index contributed by atoms with van der Waals surface area (Å²) in [6.07, 6.45) is 0. The molecule has 106 valence electrons. The number of methoxy groups -OCH3 is 1. The molecular formula is C13H21N3O3. The zero-order valence-corrected chi connectivity index (χ0v) is 12.1. The minimum atomic E-state index is -0.978. The van der Waals surface area contributed by atoms with Crippen LogP contribution >= 0.6 is 0 Å². The van der Waals surface area contributed by atoms with E-state index < -0.39 is 5.97 Å². The van der Waals surface area contributed by atoms with Gasteiger partial charge >= 0.3 is 5.97 Å². The summed E-state index contributed by atoms with van der Waals surface area (Å²) in [6.45, 7) is 8.58. The largest absolute Gasteiger partial charge is 0.478 e. The average molecular weight is 267 g/mol. The lowest BCUT2D eigenvalue weighted by Gasteiger charge is -2.29. The topological polar surface area (TPSA) is 75.6 Å². The van der Waals surface area contributed by atoms with Crippen molar-refractivity contribution < 1.29 is 14.6 Å². The van der Waals surface area contributed by atoms with Crippen molar-refractivity contribution in [2.75, 3.05) is 25.2 Å². The van der Waals surface area contributed by atoms with Crippen LogP contribution in [-0.2, 0) is 4.74 Å². The van der Waals surface area contributed by atoms with Gasteiger partial charge in [0.1, 0.15) is 5.56 Å². The summed E-state index contributed by atoms with van der Waals surface area (Å²) in [4.78, 5) is 13.4. The number of nitrogens with zero attached hydrogens (tertiary/aromatic N) is 3. The van der Waals surface area contributed by atoms with Gasteiger partial charge in [-0.2, -0.15) is 5.10 Å². The molecule has 0 spiro atoms. The Kier molecular flexibility index (Phi) is 5.23. The monoisotopic (exact) mass is 267 g/mol. The molecule has 0 radical (unpaired) electrons. The summed E-state index contributed by atoms with van der Waals surface area (Å²) in [5.74, 6) is -0.573. The van der Waals surface area contributed by atoms with E-state index in [0.29, 0.717) is 30.2 Å². The maximum atomic E-state index is 11.5. The van der Waals surface area contributed by atoms with Crippen molar-refractivity contribution in [3.05, 3.63) is 16.8 Å². The van der Waals surface area contributed by atoms with Gasteiger partial charge in [-0.3, -0.25) is 0 Å². The van der Waals surface area contributed by atoms with Gasteiger partial charge in [0.05, 0.1) is 18.3 Å². The quantitative estimate of drug-likeness (QED) is 0.844. The summed E-state index contributed by atoms with van der Waals surface area (Å²) in [6, 6.07) is 0.0320. The maximum Gasteiger partial charge on any atom is 0.339 e. The van der Waals surface area contributed by atoms with Gasteiger partial charge in [0.25, 0.3) is 0 Å². The molecule has 0 fully saturated rings. The average Bonchev–Trinajstić information content (AvgIpc) is 2.34. The van der Waals surface area contributed by atoms with Crippen LogP contribution in [0.15, 0.2) is 0 Å². The standard InChI is InChI=1S/C13H21N3O3/c1-6-16(8(2)7-19-5)12-11(13(17)18)9(3)10(4)14-15-12/h8H,6-7H2,1-5H3,(H,17,18). The number of carboxylic acid groups (broad SMARTS) is 1. The van der Waals surface area contributed by atoms with Crippen molar-refractivity contribution in [2.24, 2.45) is 0 Å². The predicted octanol–water partition coefficient (Wildman–Crippen LogP) is 1.65. The number of rotatable bonds is 6.